The Balaban J connectivity index is 1.00. The number of benzene rings is 5. The average Bonchev–Trinajstić information content (AvgIpc) is 3.18. The fourth-order valence-corrected chi connectivity index (χ4v) is 9.53. The SMILES string of the molecule is Bc1ccc(C23CCCC(CC(C)(c4ccc(-c5ccc6cc(-c7nc(C8=CCCC=C8)nc(-c8ccccc8)n7)ccc6c5)cc4)C2)C3)cc1. The van der Waals surface area contributed by atoms with Crippen molar-refractivity contribution in [2.45, 2.75) is 69.1 Å². The molecule has 6 aromatic rings. The van der Waals surface area contributed by atoms with E-state index in [9.17, 15) is 0 Å². The van der Waals surface area contributed by atoms with Gasteiger partial charge in [-0.1, -0.05) is 147 Å². The van der Waals surface area contributed by atoms with Gasteiger partial charge in [-0.05, 0) is 100 Å². The van der Waals surface area contributed by atoms with E-state index in [0.29, 0.717) is 17.1 Å². The number of allylic oxidation sites excluding steroid dienone is 4. The van der Waals surface area contributed by atoms with Crippen LogP contribution in [0, 0.1) is 5.92 Å². The topological polar surface area (TPSA) is 38.7 Å². The normalized spacial score (nSPS) is 22.8. The van der Waals surface area contributed by atoms with Gasteiger partial charge in [0, 0.05) is 16.7 Å². The van der Waals surface area contributed by atoms with Gasteiger partial charge in [0.15, 0.2) is 17.5 Å². The molecule has 0 saturated heterocycles. The Morgan fingerprint density at radius 1 is 0.627 bits per heavy atom. The highest BCUT2D eigenvalue weighted by Gasteiger charge is 2.49. The van der Waals surface area contributed by atoms with Crippen molar-refractivity contribution in [2.75, 3.05) is 0 Å². The summed E-state index contributed by atoms with van der Waals surface area (Å²) in [5.41, 5.74) is 10.4. The molecular formula is C47H44BN3. The second-order valence-corrected chi connectivity index (χ2v) is 15.7. The molecule has 0 aliphatic heterocycles. The van der Waals surface area contributed by atoms with E-state index in [-0.39, 0.29) is 5.41 Å². The standard InChI is InChI=1S/C47H44BN3/c1-46(29-32-9-8-26-47(30-32,31-46)41-22-24-42(48)25-23-41)40-20-18-33(19-21-40)36-14-15-38-28-39(17-16-37(38)27-36)45-50-43(34-10-4-2-5-11-34)49-44(51-45)35-12-6-3-7-13-35/h2,4-6,10-25,27-28,32H,3,7-9,26,29-31,48H2,1H3. The molecule has 4 heteroatoms. The molecular weight excluding hydrogens is 617 g/mol. The van der Waals surface area contributed by atoms with E-state index in [1.54, 1.807) is 5.56 Å². The monoisotopic (exact) mass is 661 g/mol. The van der Waals surface area contributed by atoms with E-state index in [1.807, 2.05) is 18.2 Å². The molecule has 3 aliphatic rings. The molecule has 250 valence electrons. The van der Waals surface area contributed by atoms with Gasteiger partial charge in [0.05, 0.1) is 0 Å². The Kier molecular flexibility index (Phi) is 8.07. The molecule has 0 spiro atoms. The van der Waals surface area contributed by atoms with Gasteiger partial charge in [-0.3, -0.25) is 0 Å². The Morgan fingerprint density at radius 3 is 2.04 bits per heavy atom. The molecule has 3 atom stereocenters. The van der Waals surface area contributed by atoms with Crippen molar-refractivity contribution >= 4 is 29.7 Å². The van der Waals surface area contributed by atoms with E-state index in [0.717, 1.165) is 41.3 Å². The summed E-state index contributed by atoms with van der Waals surface area (Å²) in [6.45, 7) is 2.54. The van der Waals surface area contributed by atoms with Crippen LogP contribution in [0.15, 0.2) is 133 Å². The first-order valence-corrected chi connectivity index (χ1v) is 18.8. The van der Waals surface area contributed by atoms with Crippen LogP contribution in [0.3, 0.4) is 0 Å². The zero-order valence-electron chi connectivity index (χ0n) is 29.8. The maximum Gasteiger partial charge on any atom is 0.164 e. The van der Waals surface area contributed by atoms with Gasteiger partial charge >= 0.3 is 0 Å². The Bertz CT molecular complexity index is 2290. The molecule has 2 saturated carbocycles. The second kappa shape index (κ2) is 12.9. The zero-order chi connectivity index (χ0) is 34.4. The van der Waals surface area contributed by atoms with E-state index in [2.05, 4.69) is 130 Å². The fraction of sp³-hybridized carbons (Fsp3) is 0.255. The molecule has 3 nitrogen and oxygen atoms in total. The number of hydrogen-bond donors (Lipinski definition) is 0. The van der Waals surface area contributed by atoms with E-state index < -0.39 is 0 Å². The van der Waals surface area contributed by atoms with Crippen LogP contribution in [0.5, 0.6) is 0 Å². The highest BCUT2D eigenvalue weighted by atomic mass is 15.0. The third-order valence-corrected chi connectivity index (χ3v) is 12.0. The third-order valence-electron chi connectivity index (χ3n) is 12.0. The predicted octanol–water partition coefficient (Wildman–Crippen LogP) is 10.2. The number of rotatable bonds is 6. The summed E-state index contributed by atoms with van der Waals surface area (Å²) in [6.07, 6.45) is 16.5. The first kappa shape index (κ1) is 31.9. The van der Waals surface area contributed by atoms with Gasteiger partial charge in [0.1, 0.15) is 7.85 Å². The number of hydrogen-bond acceptors (Lipinski definition) is 3. The first-order chi connectivity index (χ1) is 24.9. The molecule has 2 fully saturated rings. The van der Waals surface area contributed by atoms with Crippen molar-refractivity contribution in [1.82, 2.24) is 15.0 Å². The molecule has 51 heavy (non-hydrogen) atoms. The lowest BCUT2D eigenvalue weighted by Crippen LogP contribution is -2.46. The van der Waals surface area contributed by atoms with Gasteiger partial charge in [-0.15, -0.1) is 0 Å². The third kappa shape index (κ3) is 6.16. The minimum Gasteiger partial charge on any atom is -0.208 e. The Hall–Kier alpha value is -5.09. The minimum atomic E-state index is 0.186. The van der Waals surface area contributed by atoms with Crippen LogP contribution >= 0.6 is 0 Å². The Labute approximate surface area is 303 Å². The van der Waals surface area contributed by atoms with Gasteiger partial charge in [-0.25, -0.2) is 15.0 Å². The summed E-state index contributed by atoms with van der Waals surface area (Å²) < 4.78 is 0. The lowest BCUT2D eigenvalue weighted by molar-refractivity contribution is 0.0874. The summed E-state index contributed by atoms with van der Waals surface area (Å²) in [5.74, 6) is 2.93. The van der Waals surface area contributed by atoms with Gasteiger partial charge in [-0.2, -0.15) is 0 Å². The van der Waals surface area contributed by atoms with E-state index >= 15 is 0 Å². The van der Waals surface area contributed by atoms with Crippen LogP contribution < -0.4 is 5.46 Å². The smallest absolute Gasteiger partial charge is 0.164 e. The molecule has 0 radical (unpaired) electrons. The molecule has 9 rings (SSSR count). The van der Waals surface area contributed by atoms with Crippen molar-refractivity contribution < 1.29 is 0 Å². The summed E-state index contributed by atoms with van der Waals surface area (Å²) >= 11 is 0. The average molecular weight is 662 g/mol. The van der Waals surface area contributed by atoms with E-state index in [4.69, 9.17) is 15.0 Å². The van der Waals surface area contributed by atoms with Gasteiger partial charge in [0.25, 0.3) is 0 Å². The molecule has 3 aliphatic carbocycles. The van der Waals surface area contributed by atoms with Crippen molar-refractivity contribution in [3.63, 3.8) is 0 Å². The minimum absolute atomic E-state index is 0.186. The quantitative estimate of drug-likeness (QED) is 0.167. The fourth-order valence-electron chi connectivity index (χ4n) is 9.53. The van der Waals surface area contributed by atoms with Crippen LogP contribution in [-0.4, -0.2) is 22.8 Å². The highest BCUT2D eigenvalue weighted by Crippen LogP contribution is 2.57. The largest absolute Gasteiger partial charge is 0.208 e. The van der Waals surface area contributed by atoms with Crippen molar-refractivity contribution in [3.05, 3.63) is 150 Å². The first-order valence-electron chi connectivity index (χ1n) is 18.8. The number of aromatic nitrogens is 3. The summed E-state index contributed by atoms with van der Waals surface area (Å²) in [7, 11) is 2.20. The Morgan fingerprint density at radius 2 is 1.29 bits per heavy atom. The predicted molar refractivity (Wildman–Crippen MR) is 215 cm³/mol. The van der Waals surface area contributed by atoms with Gasteiger partial charge in [0.2, 0.25) is 0 Å². The second-order valence-electron chi connectivity index (χ2n) is 15.7. The molecule has 2 bridgehead atoms. The van der Waals surface area contributed by atoms with Crippen LogP contribution in [0.1, 0.15) is 75.2 Å². The molecule has 0 N–H and O–H groups in total. The van der Waals surface area contributed by atoms with Crippen LogP contribution in [0.25, 0.3) is 50.2 Å². The van der Waals surface area contributed by atoms with Crippen LogP contribution in [0.2, 0.25) is 0 Å². The molecule has 5 aromatic carbocycles. The maximum atomic E-state index is 4.98. The lowest BCUT2D eigenvalue weighted by atomic mass is 9.51. The summed E-state index contributed by atoms with van der Waals surface area (Å²) in [6, 6.07) is 42.6. The lowest BCUT2D eigenvalue weighted by Gasteiger charge is -2.53. The molecule has 3 unspecified atom stereocenters. The summed E-state index contributed by atoms with van der Waals surface area (Å²) in [4.78, 5) is 14.8. The summed E-state index contributed by atoms with van der Waals surface area (Å²) in [5, 5.41) is 2.39. The van der Waals surface area contributed by atoms with E-state index in [1.165, 1.54) is 71.5 Å². The zero-order valence-corrected chi connectivity index (χ0v) is 29.8. The van der Waals surface area contributed by atoms with Crippen LogP contribution in [0.4, 0.5) is 0 Å². The van der Waals surface area contributed by atoms with Crippen LogP contribution in [-0.2, 0) is 10.8 Å². The number of nitrogens with zero attached hydrogens (tertiary/aromatic N) is 3. The number of fused-ring (bicyclic) bond motifs is 3. The highest BCUT2D eigenvalue weighted by molar-refractivity contribution is 6.32. The van der Waals surface area contributed by atoms with Gasteiger partial charge < -0.3 is 0 Å². The molecule has 1 heterocycles. The molecule has 1 aromatic heterocycles. The maximum absolute atomic E-state index is 4.98. The molecule has 0 amide bonds. The van der Waals surface area contributed by atoms with Crippen molar-refractivity contribution in [3.8, 4) is 33.9 Å². The van der Waals surface area contributed by atoms with Crippen molar-refractivity contribution in [1.29, 1.82) is 0 Å². The van der Waals surface area contributed by atoms with Crippen molar-refractivity contribution in [2.24, 2.45) is 5.92 Å².